The molecule has 1 aromatic heterocycles. The Labute approximate surface area is 217 Å². The highest BCUT2D eigenvalue weighted by Gasteiger charge is 2.16. The van der Waals surface area contributed by atoms with Crippen molar-refractivity contribution in [2.24, 2.45) is 0 Å². The number of carbonyl (C=O) groups is 2. The number of thiocarbonyl (C=S) groups is 1. The van der Waals surface area contributed by atoms with E-state index in [0.29, 0.717) is 32.7 Å². The van der Waals surface area contributed by atoms with Crippen LogP contribution in [0, 0.1) is 0 Å². The Morgan fingerprint density at radius 3 is 2.20 bits per heavy atom. The molecule has 1 heterocycles. The summed E-state index contributed by atoms with van der Waals surface area (Å²) >= 11 is 17.5. The molecule has 0 unspecified atom stereocenters. The van der Waals surface area contributed by atoms with Gasteiger partial charge in [0.25, 0.3) is 5.91 Å². The van der Waals surface area contributed by atoms with Crippen LogP contribution < -0.4 is 16.0 Å². The van der Waals surface area contributed by atoms with Gasteiger partial charge in [-0.05, 0) is 66.3 Å². The Kier molecular flexibility index (Phi) is 7.82. The number of furan rings is 1. The van der Waals surface area contributed by atoms with E-state index < -0.39 is 5.91 Å². The highest BCUT2D eigenvalue weighted by Crippen LogP contribution is 2.34. The normalized spacial score (nSPS) is 10.5. The van der Waals surface area contributed by atoms with Crippen LogP contribution in [-0.2, 0) is 11.2 Å². The summed E-state index contributed by atoms with van der Waals surface area (Å²) < 4.78 is 5.63. The third kappa shape index (κ3) is 6.48. The first-order valence-corrected chi connectivity index (χ1v) is 11.7. The standard InChI is InChI=1S/C26H19Cl2N3O3S/c27-20-8-4-7-19(24(20)28)21-13-14-22(34-21)25(33)31-26(35)30-18-11-9-17(10-12-18)29-23(32)15-16-5-2-1-3-6-16/h1-14H,15H2,(H,29,32)(H2,30,31,33,35). The molecule has 4 aromatic rings. The van der Waals surface area contributed by atoms with Gasteiger partial charge in [0.1, 0.15) is 5.76 Å². The molecular weight excluding hydrogens is 505 g/mol. The zero-order valence-corrected chi connectivity index (χ0v) is 20.5. The van der Waals surface area contributed by atoms with Gasteiger partial charge in [-0.2, -0.15) is 0 Å². The molecule has 0 bridgehead atoms. The first-order valence-electron chi connectivity index (χ1n) is 10.5. The van der Waals surface area contributed by atoms with Gasteiger partial charge in [0, 0.05) is 16.9 Å². The Hall–Kier alpha value is -3.65. The molecule has 9 heteroatoms. The molecule has 6 nitrogen and oxygen atoms in total. The van der Waals surface area contributed by atoms with Crippen LogP contribution in [0.25, 0.3) is 11.3 Å². The first kappa shape index (κ1) is 24.5. The minimum atomic E-state index is -0.517. The van der Waals surface area contributed by atoms with E-state index in [2.05, 4.69) is 16.0 Å². The lowest BCUT2D eigenvalue weighted by atomic mass is 10.1. The monoisotopic (exact) mass is 523 g/mol. The fourth-order valence-electron chi connectivity index (χ4n) is 3.25. The molecule has 0 atom stereocenters. The topological polar surface area (TPSA) is 83.4 Å². The third-order valence-electron chi connectivity index (χ3n) is 4.91. The zero-order chi connectivity index (χ0) is 24.8. The summed E-state index contributed by atoms with van der Waals surface area (Å²) in [4.78, 5) is 24.7. The predicted octanol–water partition coefficient (Wildman–Crippen LogP) is 6.56. The van der Waals surface area contributed by atoms with E-state index in [4.69, 9.17) is 39.8 Å². The summed E-state index contributed by atoms with van der Waals surface area (Å²) in [7, 11) is 0. The second-order valence-electron chi connectivity index (χ2n) is 7.46. The number of halogens is 2. The van der Waals surface area contributed by atoms with E-state index in [1.165, 1.54) is 6.07 Å². The van der Waals surface area contributed by atoms with Gasteiger partial charge in [0.15, 0.2) is 10.9 Å². The van der Waals surface area contributed by atoms with Crippen molar-refractivity contribution in [2.45, 2.75) is 6.42 Å². The molecule has 4 rings (SSSR count). The minimum absolute atomic E-state index is 0.0664. The Bertz CT molecular complexity index is 1370. The summed E-state index contributed by atoms with van der Waals surface area (Å²) in [5.41, 5.74) is 2.80. The van der Waals surface area contributed by atoms with Crippen molar-refractivity contribution >= 4 is 63.7 Å². The maximum absolute atomic E-state index is 12.5. The first-order chi connectivity index (χ1) is 16.9. The van der Waals surface area contributed by atoms with Gasteiger partial charge in [0.05, 0.1) is 16.5 Å². The Balaban J connectivity index is 1.31. The van der Waals surface area contributed by atoms with Crippen molar-refractivity contribution < 1.29 is 14.0 Å². The second-order valence-corrected chi connectivity index (χ2v) is 8.65. The van der Waals surface area contributed by atoms with Gasteiger partial charge in [0.2, 0.25) is 5.91 Å². The Morgan fingerprint density at radius 1 is 0.800 bits per heavy atom. The van der Waals surface area contributed by atoms with E-state index in [9.17, 15) is 9.59 Å². The maximum Gasteiger partial charge on any atom is 0.293 e. The predicted molar refractivity (Wildman–Crippen MR) is 143 cm³/mol. The van der Waals surface area contributed by atoms with Gasteiger partial charge >= 0.3 is 0 Å². The number of amides is 2. The average molecular weight is 524 g/mol. The second kappa shape index (κ2) is 11.2. The van der Waals surface area contributed by atoms with E-state index >= 15 is 0 Å². The zero-order valence-electron chi connectivity index (χ0n) is 18.2. The van der Waals surface area contributed by atoms with Crippen LogP contribution in [0.1, 0.15) is 16.1 Å². The molecule has 35 heavy (non-hydrogen) atoms. The highest BCUT2D eigenvalue weighted by molar-refractivity contribution is 7.80. The van der Waals surface area contributed by atoms with Gasteiger partial charge in [-0.1, -0.05) is 59.6 Å². The number of benzene rings is 3. The van der Waals surface area contributed by atoms with Gasteiger partial charge < -0.3 is 15.1 Å². The Morgan fingerprint density at radius 2 is 1.49 bits per heavy atom. The molecule has 0 saturated carbocycles. The largest absolute Gasteiger partial charge is 0.451 e. The number of anilines is 2. The molecule has 0 spiro atoms. The van der Waals surface area contributed by atoms with Crippen molar-refractivity contribution in [3.05, 3.63) is 106 Å². The summed E-state index contributed by atoms with van der Waals surface area (Å²) in [5.74, 6) is -0.156. The molecule has 0 aliphatic carbocycles. The number of nitrogens with one attached hydrogen (secondary N) is 3. The maximum atomic E-state index is 12.5. The van der Waals surface area contributed by atoms with Gasteiger partial charge in [-0.25, -0.2) is 0 Å². The van der Waals surface area contributed by atoms with Gasteiger partial charge in [-0.15, -0.1) is 0 Å². The van der Waals surface area contributed by atoms with Crippen LogP contribution in [0.15, 0.2) is 89.3 Å². The third-order valence-corrected chi connectivity index (χ3v) is 5.93. The van der Waals surface area contributed by atoms with Crippen LogP contribution in [0.4, 0.5) is 11.4 Å². The van der Waals surface area contributed by atoms with Crippen molar-refractivity contribution in [1.29, 1.82) is 0 Å². The van der Waals surface area contributed by atoms with Crippen LogP contribution >= 0.6 is 35.4 Å². The molecule has 2 amide bonds. The number of hydrogen-bond donors (Lipinski definition) is 3. The lowest BCUT2D eigenvalue weighted by molar-refractivity contribution is -0.115. The summed E-state index contributed by atoms with van der Waals surface area (Å²) in [6.07, 6.45) is 0.287. The van der Waals surface area contributed by atoms with Crippen LogP contribution in [-0.4, -0.2) is 16.9 Å². The fraction of sp³-hybridized carbons (Fsp3) is 0.0385. The van der Waals surface area contributed by atoms with E-state index in [-0.39, 0.29) is 23.2 Å². The number of rotatable bonds is 6. The van der Waals surface area contributed by atoms with Crippen molar-refractivity contribution in [3.63, 3.8) is 0 Å². The molecule has 3 N–H and O–H groups in total. The van der Waals surface area contributed by atoms with Gasteiger partial charge in [-0.3, -0.25) is 14.9 Å². The van der Waals surface area contributed by atoms with Crippen LogP contribution in [0.5, 0.6) is 0 Å². The van der Waals surface area contributed by atoms with E-state index in [0.717, 1.165) is 5.56 Å². The smallest absolute Gasteiger partial charge is 0.293 e. The van der Waals surface area contributed by atoms with Crippen LogP contribution in [0.3, 0.4) is 0 Å². The molecule has 0 radical (unpaired) electrons. The summed E-state index contributed by atoms with van der Waals surface area (Å²) in [6.45, 7) is 0. The molecule has 3 aromatic carbocycles. The summed E-state index contributed by atoms with van der Waals surface area (Å²) in [5, 5.41) is 9.16. The minimum Gasteiger partial charge on any atom is -0.451 e. The van der Waals surface area contributed by atoms with Crippen LogP contribution in [0.2, 0.25) is 10.0 Å². The molecule has 0 fully saturated rings. The highest BCUT2D eigenvalue weighted by atomic mass is 35.5. The molecule has 0 saturated heterocycles. The fourth-order valence-corrected chi connectivity index (χ4v) is 3.85. The lowest BCUT2D eigenvalue weighted by Crippen LogP contribution is -2.33. The average Bonchev–Trinajstić information content (AvgIpc) is 3.33. The molecular formula is C26H19Cl2N3O3S. The van der Waals surface area contributed by atoms with Crippen molar-refractivity contribution in [3.8, 4) is 11.3 Å². The lowest BCUT2D eigenvalue weighted by Gasteiger charge is -2.10. The van der Waals surface area contributed by atoms with Crippen molar-refractivity contribution in [2.75, 3.05) is 10.6 Å². The molecule has 0 aliphatic heterocycles. The quantitative estimate of drug-likeness (QED) is 0.249. The SMILES string of the molecule is O=C(Cc1ccccc1)Nc1ccc(NC(=S)NC(=O)c2ccc(-c3cccc(Cl)c3Cl)o2)cc1. The van der Waals surface area contributed by atoms with E-state index in [1.807, 2.05) is 30.3 Å². The molecule has 0 aliphatic rings. The molecule has 176 valence electrons. The summed E-state index contributed by atoms with van der Waals surface area (Å²) in [6, 6.07) is 24.8. The van der Waals surface area contributed by atoms with Crippen molar-refractivity contribution in [1.82, 2.24) is 5.32 Å². The van der Waals surface area contributed by atoms with E-state index in [1.54, 1.807) is 48.5 Å². The number of hydrogen-bond acceptors (Lipinski definition) is 4. The number of carbonyl (C=O) groups excluding carboxylic acids is 2.